The van der Waals surface area contributed by atoms with Crippen LogP contribution in [0.15, 0.2) is 133 Å². The van der Waals surface area contributed by atoms with Crippen LogP contribution in [0.1, 0.15) is 22.3 Å². The smallest absolute Gasteiger partial charge is 0.0408 e. The average Bonchev–Trinajstić information content (AvgIpc) is 3.00. The number of hydrogen-bond acceptors (Lipinski definition) is 2. The van der Waals surface area contributed by atoms with Gasteiger partial charge in [-0.15, -0.1) is 0 Å². The normalized spacial score (nSPS) is 11.2. The lowest BCUT2D eigenvalue weighted by molar-refractivity contribution is 1.21. The molecule has 0 atom stereocenters. The van der Waals surface area contributed by atoms with Crippen molar-refractivity contribution in [2.75, 3.05) is 23.9 Å². The second-order valence-electron chi connectivity index (χ2n) is 9.31. The van der Waals surface area contributed by atoms with Gasteiger partial charge in [0.05, 0.1) is 0 Å². The van der Waals surface area contributed by atoms with Crippen molar-refractivity contribution in [3.63, 3.8) is 0 Å². The molecule has 0 aromatic heterocycles. The van der Waals surface area contributed by atoms with E-state index in [0.717, 1.165) is 0 Å². The minimum atomic E-state index is 1.17. The van der Waals surface area contributed by atoms with Crippen molar-refractivity contribution < 1.29 is 0 Å². The Bertz CT molecular complexity index is 1360. The summed E-state index contributed by atoms with van der Waals surface area (Å²) in [6.45, 7) is 0. The van der Waals surface area contributed by atoms with Gasteiger partial charge < -0.3 is 9.80 Å². The van der Waals surface area contributed by atoms with E-state index in [1.165, 1.54) is 45.0 Å². The lowest BCUT2D eigenvalue weighted by Crippen LogP contribution is -2.08. The highest BCUT2D eigenvalue weighted by molar-refractivity contribution is 5.74. The van der Waals surface area contributed by atoms with Crippen LogP contribution in [0.3, 0.4) is 0 Å². The summed E-state index contributed by atoms with van der Waals surface area (Å²) < 4.78 is 0. The average molecular weight is 493 g/mol. The molecule has 0 heterocycles. The second kappa shape index (κ2) is 11.9. The third-order valence-corrected chi connectivity index (χ3v) is 6.72. The molecule has 0 saturated carbocycles. The summed E-state index contributed by atoms with van der Waals surface area (Å²) in [7, 11) is 4.19. The standard InChI is InChI=1S/C36H32N2/c1-37(33-9-5-3-6-10-33)35-25-21-31(22-26-35)19-17-29-13-15-30(16-14-29)18-20-32-23-27-36(28-24-32)38(2)34-11-7-4-8-12-34/h3-28H,1-2H3. The number of anilines is 4. The van der Waals surface area contributed by atoms with E-state index < -0.39 is 0 Å². The van der Waals surface area contributed by atoms with Crippen LogP contribution in [0.4, 0.5) is 22.7 Å². The van der Waals surface area contributed by atoms with E-state index in [1.807, 2.05) is 12.1 Å². The predicted molar refractivity (Wildman–Crippen MR) is 166 cm³/mol. The first-order chi connectivity index (χ1) is 18.7. The van der Waals surface area contributed by atoms with Crippen molar-refractivity contribution in [1.29, 1.82) is 0 Å². The highest BCUT2D eigenvalue weighted by Crippen LogP contribution is 2.25. The zero-order chi connectivity index (χ0) is 26.2. The Kier molecular flexibility index (Phi) is 7.81. The van der Waals surface area contributed by atoms with Gasteiger partial charge in [-0.3, -0.25) is 0 Å². The van der Waals surface area contributed by atoms with Gasteiger partial charge in [-0.1, -0.05) is 109 Å². The van der Waals surface area contributed by atoms with Crippen LogP contribution >= 0.6 is 0 Å². The first-order valence-corrected chi connectivity index (χ1v) is 12.9. The van der Waals surface area contributed by atoms with Crippen LogP contribution in [-0.4, -0.2) is 14.1 Å². The van der Waals surface area contributed by atoms with E-state index in [2.05, 4.69) is 170 Å². The third-order valence-electron chi connectivity index (χ3n) is 6.72. The van der Waals surface area contributed by atoms with Gasteiger partial charge in [-0.05, 0) is 70.8 Å². The Morgan fingerprint density at radius 1 is 0.316 bits per heavy atom. The van der Waals surface area contributed by atoms with E-state index in [4.69, 9.17) is 0 Å². The Hall–Kier alpha value is -4.82. The maximum absolute atomic E-state index is 2.19. The zero-order valence-corrected chi connectivity index (χ0v) is 21.9. The molecule has 186 valence electrons. The first-order valence-electron chi connectivity index (χ1n) is 12.9. The molecule has 5 aromatic rings. The Balaban J connectivity index is 1.18. The molecule has 0 unspecified atom stereocenters. The van der Waals surface area contributed by atoms with Crippen molar-refractivity contribution in [2.24, 2.45) is 0 Å². The number of nitrogens with zero attached hydrogens (tertiary/aromatic N) is 2. The molecule has 0 fully saturated rings. The molecule has 0 spiro atoms. The van der Waals surface area contributed by atoms with Gasteiger partial charge in [-0.2, -0.15) is 0 Å². The van der Waals surface area contributed by atoms with Gasteiger partial charge in [0, 0.05) is 36.8 Å². The third kappa shape index (κ3) is 6.29. The van der Waals surface area contributed by atoms with Crippen LogP contribution in [0.25, 0.3) is 24.3 Å². The predicted octanol–water partition coefficient (Wildman–Crippen LogP) is 9.56. The molecular formula is C36H32N2. The number of rotatable bonds is 8. The largest absolute Gasteiger partial charge is 0.345 e. The van der Waals surface area contributed by atoms with Gasteiger partial charge in [0.1, 0.15) is 0 Å². The van der Waals surface area contributed by atoms with Gasteiger partial charge in [0.15, 0.2) is 0 Å². The fraction of sp³-hybridized carbons (Fsp3) is 0.0556. The van der Waals surface area contributed by atoms with Crippen LogP contribution in [0.5, 0.6) is 0 Å². The number of para-hydroxylation sites is 2. The monoisotopic (exact) mass is 492 g/mol. The van der Waals surface area contributed by atoms with Crippen LogP contribution in [0.2, 0.25) is 0 Å². The maximum atomic E-state index is 2.19. The van der Waals surface area contributed by atoms with Gasteiger partial charge >= 0.3 is 0 Å². The molecule has 5 rings (SSSR count). The molecule has 0 aliphatic heterocycles. The Labute approximate surface area is 226 Å². The minimum absolute atomic E-state index is 1.17. The molecule has 2 nitrogen and oxygen atoms in total. The molecule has 0 N–H and O–H groups in total. The summed E-state index contributed by atoms with van der Waals surface area (Å²) >= 11 is 0. The summed E-state index contributed by atoms with van der Waals surface area (Å²) in [6.07, 6.45) is 8.63. The maximum Gasteiger partial charge on any atom is 0.0408 e. The van der Waals surface area contributed by atoms with Crippen molar-refractivity contribution in [2.45, 2.75) is 0 Å². The van der Waals surface area contributed by atoms with E-state index in [0.29, 0.717) is 0 Å². The fourth-order valence-corrected chi connectivity index (χ4v) is 4.32. The summed E-state index contributed by atoms with van der Waals surface area (Å²) in [5.74, 6) is 0. The lowest BCUT2D eigenvalue weighted by atomic mass is 10.1. The van der Waals surface area contributed by atoms with Crippen LogP contribution < -0.4 is 9.80 Å². The molecule has 2 heteroatoms. The zero-order valence-electron chi connectivity index (χ0n) is 21.9. The van der Waals surface area contributed by atoms with Crippen molar-refractivity contribution >= 4 is 47.1 Å². The van der Waals surface area contributed by atoms with Crippen LogP contribution in [-0.2, 0) is 0 Å². The SMILES string of the molecule is CN(c1ccccc1)c1ccc(C=Cc2ccc(C=Cc3ccc(N(C)c4ccccc4)cc3)cc2)cc1. The number of benzene rings is 5. The fourth-order valence-electron chi connectivity index (χ4n) is 4.32. The molecule has 0 aliphatic rings. The summed E-state index contributed by atoms with van der Waals surface area (Å²) in [5.41, 5.74) is 9.42. The Morgan fingerprint density at radius 3 is 0.842 bits per heavy atom. The molecule has 0 radical (unpaired) electrons. The second-order valence-corrected chi connectivity index (χ2v) is 9.31. The van der Waals surface area contributed by atoms with Crippen molar-refractivity contribution in [1.82, 2.24) is 0 Å². The van der Waals surface area contributed by atoms with Crippen LogP contribution in [0, 0.1) is 0 Å². The highest BCUT2D eigenvalue weighted by Gasteiger charge is 2.03. The van der Waals surface area contributed by atoms with E-state index in [1.54, 1.807) is 0 Å². The molecular weight excluding hydrogens is 460 g/mol. The topological polar surface area (TPSA) is 6.48 Å². The van der Waals surface area contributed by atoms with Gasteiger partial charge in [-0.25, -0.2) is 0 Å². The summed E-state index contributed by atoms with van der Waals surface area (Å²) in [5, 5.41) is 0. The lowest BCUT2D eigenvalue weighted by Gasteiger charge is -2.19. The molecule has 0 aliphatic carbocycles. The molecule has 0 amide bonds. The Morgan fingerprint density at radius 2 is 0.553 bits per heavy atom. The van der Waals surface area contributed by atoms with E-state index in [-0.39, 0.29) is 0 Å². The number of hydrogen-bond donors (Lipinski definition) is 0. The van der Waals surface area contributed by atoms with Gasteiger partial charge in [0.2, 0.25) is 0 Å². The quantitative estimate of drug-likeness (QED) is 0.199. The first kappa shape index (κ1) is 24.9. The van der Waals surface area contributed by atoms with E-state index in [9.17, 15) is 0 Å². The minimum Gasteiger partial charge on any atom is -0.345 e. The summed E-state index contributed by atoms with van der Waals surface area (Å²) in [6, 6.07) is 46.7. The molecule has 0 saturated heterocycles. The van der Waals surface area contributed by atoms with E-state index >= 15 is 0 Å². The molecule has 38 heavy (non-hydrogen) atoms. The van der Waals surface area contributed by atoms with Crippen molar-refractivity contribution in [3.05, 3.63) is 156 Å². The molecule has 0 bridgehead atoms. The van der Waals surface area contributed by atoms with Crippen molar-refractivity contribution in [3.8, 4) is 0 Å². The van der Waals surface area contributed by atoms with Gasteiger partial charge in [0.25, 0.3) is 0 Å². The molecule has 5 aromatic carbocycles. The highest BCUT2D eigenvalue weighted by atomic mass is 15.1. The summed E-state index contributed by atoms with van der Waals surface area (Å²) in [4.78, 5) is 4.38.